The maximum absolute atomic E-state index is 12.3. The number of thiazole rings is 1. The molecule has 122 valence electrons. The lowest BCUT2D eigenvalue weighted by Crippen LogP contribution is -2.11. The van der Waals surface area contributed by atoms with Gasteiger partial charge in [-0.05, 0) is 43.7 Å². The lowest BCUT2D eigenvalue weighted by atomic mass is 10.1. The molecule has 1 amide bonds. The maximum Gasteiger partial charge on any atom is 0.257 e. The first-order chi connectivity index (χ1) is 11.5. The molecular weight excluding hydrogens is 384 g/mol. The van der Waals surface area contributed by atoms with Crippen LogP contribution in [0.1, 0.15) is 32.1 Å². The number of anilines is 1. The number of amides is 1. The second-order valence-electron chi connectivity index (χ2n) is 5.65. The Bertz CT molecular complexity index is 871. The van der Waals surface area contributed by atoms with E-state index in [0.717, 1.165) is 27.0 Å². The summed E-state index contributed by atoms with van der Waals surface area (Å²) in [5.41, 5.74) is 3.95. The molecule has 24 heavy (non-hydrogen) atoms. The fourth-order valence-corrected chi connectivity index (χ4v) is 3.79. The smallest absolute Gasteiger partial charge is 0.257 e. The van der Waals surface area contributed by atoms with Gasteiger partial charge in [-0.1, -0.05) is 45.8 Å². The van der Waals surface area contributed by atoms with E-state index >= 15 is 0 Å². The van der Waals surface area contributed by atoms with Gasteiger partial charge in [-0.15, -0.1) is 11.3 Å². The van der Waals surface area contributed by atoms with E-state index in [1.54, 1.807) is 0 Å². The molecule has 0 aliphatic heterocycles. The van der Waals surface area contributed by atoms with Crippen LogP contribution in [0.25, 0.3) is 0 Å². The van der Waals surface area contributed by atoms with Crippen LogP contribution in [0.5, 0.6) is 0 Å². The summed E-state index contributed by atoms with van der Waals surface area (Å²) in [7, 11) is 0. The molecule has 2 aromatic carbocycles. The Labute approximate surface area is 153 Å². The summed E-state index contributed by atoms with van der Waals surface area (Å²) >= 11 is 5.02. The highest BCUT2D eigenvalue weighted by atomic mass is 79.9. The molecule has 0 unspecified atom stereocenters. The molecular formula is C19H17BrN2OS. The number of benzene rings is 2. The standard InChI is InChI=1S/C19H17BrN2OS/c1-12-6-8-15(9-7-12)18(23)22-19-21-13(2)17(24-19)11-14-4-3-5-16(20)10-14/h3-10H,11H2,1-2H3,(H,21,22,23). The van der Waals surface area contributed by atoms with Crippen molar-refractivity contribution in [2.45, 2.75) is 20.3 Å². The second kappa shape index (κ2) is 7.28. The minimum atomic E-state index is -0.127. The number of carbonyl (C=O) groups is 1. The number of nitrogens with one attached hydrogen (secondary N) is 1. The van der Waals surface area contributed by atoms with Crippen LogP contribution in [0.4, 0.5) is 5.13 Å². The molecule has 0 aliphatic carbocycles. The van der Waals surface area contributed by atoms with E-state index in [1.165, 1.54) is 16.9 Å². The van der Waals surface area contributed by atoms with E-state index < -0.39 is 0 Å². The molecule has 0 fully saturated rings. The summed E-state index contributed by atoms with van der Waals surface area (Å²) < 4.78 is 1.06. The highest BCUT2D eigenvalue weighted by molar-refractivity contribution is 9.10. The molecule has 1 N–H and O–H groups in total. The first kappa shape index (κ1) is 16.9. The van der Waals surface area contributed by atoms with Gasteiger partial charge in [-0.3, -0.25) is 10.1 Å². The number of hydrogen-bond acceptors (Lipinski definition) is 3. The third kappa shape index (κ3) is 4.10. The zero-order chi connectivity index (χ0) is 17.1. The minimum Gasteiger partial charge on any atom is -0.298 e. The molecule has 1 aromatic heterocycles. The molecule has 5 heteroatoms. The van der Waals surface area contributed by atoms with Gasteiger partial charge in [0.25, 0.3) is 5.91 Å². The van der Waals surface area contributed by atoms with Crippen molar-refractivity contribution in [3.8, 4) is 0 Å². The van der Waals surface area contributed by atoms with E-state index in [0.29, 0.717) is 10.7 Å². The van der Waals surface area contributed by atoms with Crippen LogP contribution in [-0.4, -0.2) is 10.9 Å². The SMILES string of the molecule is Cc1ccc(C(=O)Nc2nc(C)c(Cc3cccc(Br)c3)s2)cc1. The molecule has 0 bridgehead atoms. The molecule has 1 heterocycles. The van der Waals surface area contributed by atoms with Gasteiger partial charge in [0.15, 0.2) is 5.13 Å². The number of nitrogens with zero attached hydrogens (tertiary/aromatic N) is 1. The molecule has 0 atom stereocenters. The zero-order valence-electron chi connectivity index (χ0n) is 13.5. The van der Waals surface area contributed by atoms with Gasteiger partial charge in [0.1, 0.15) is 0 Å². The van der Waals surface area contributed by atoms with Crippen molar-refractivity contribution < 1.29 is 4.79 Å². The number of carbonyl (C=O) groups excluding carboxylic acids is 1. The lowest BCUT2D eigenvalue weighted by Gasteiger charge is -2.02. The van der Waals surface area contributed by atoms with Crippen LogP contribution in [0, 0.1) is 13.8 Å². The molecule has 3 nitrogen and oxygen atoms in total. The Balaban J connectivity index is 1.74. The van der Waals surface area contributed by atoms with Crippen molar-refractivity contribution in [2.75, 3.05) is 5.32 Å². The van der Waals surface area contributed by atoms with Crippen molar-refractivity contribution in [1.29, 1.82) is 0 Å². The summed E-state index contributed by atoms with van der Waals surface area (Å²) in [6, 6.07) is 15.7. The zero-order valence-corrected chi connectivity index (χ0v) is 15.9. The Hall–Kier alpha value is -1.98. The van der Waals surface area contributed by atoms with Crippen LogP contribution in [0.2, 0.25) is 0 Å². The molecule has 3 rings (SSSR count). The van der Waals surface area contributed by atoms with Crippen molar-refractivity contribution in [3.05, 3.63) is 80.3 Å². The highest BCUT2D eigenvalue weighted by Gasteiger charge is 2.12. The molecule has 0 aliphatic rings. The van der Waals surface area contributed by atoms with Crippen molar-refractivity contribution in [3.63, 3.8) is 0 Å². The number of rotatable bonds is 4. The topological polar surface area (TPSA) is 42.0 Å². The Morgan fingerprint density at radius 3 is 2.62 bits per heavy atom. The maximum atomic E-state index is 12.3. The van der Waals surface area contributed by atoms with E-state index in [9.17, 15) is 4.79 Å². The van der Waals surface area contributed by atoms with Gasteiger partial charge in [-0.25, -0.2) is 4.98 Å². The van der Waals surface area contributed by atoms with Crippen LogP contribution in [0.15, 0.2) is 53.0 Å². The molecule has 0 saturated carbocycles. The average molecular weight is 401 g/mol. The van der Waals surface area contributed by atoms with Crippen LogP contribution < -0.4 is 5.32 Å². The highest BCUT2D eigenvalue weighted by Crippen LogP contribution is 2.26. The predicted molar refractivity (Wildman–Crippen MR) is 103 cm³/mol. The van der Waals surface area contributed by atoms with Gasteiger partial charge < -0.3 is 0 Å². The van der Waals surface area contributed by atoms with Crippen LogP contribution in [-0.2, 0) is 6.42 Å². The normalized spacial score (nSPS) is 10.6. The van der Waals surface area contributed by atoms with Gasteiger partial charge in [0.2, 0.25) is 0 Å². The van der Waals surface area contributed by atoms with Gasteiger partial charge >= 0.3 is 0 Å². The number of aryl methyl sites for hydroxylation is 2. The van der Waals surface area contributed by atoms with Gasteiger partial charge in [0.05, 0.1) is 5.69 Å². The van der Waals surface area contributed by atoms with Crippen LogP contribution >= 0.6 is 27.3 Å². The summed E-state index contributed by atoms with van der Waals surface area (Å²) in [4.78, 5) is 17.9. The van der Waals surface area contributed by atoms with E-state index in [-0.39, 0.29) is 5.91 Å². The second-order valence-corrected chi connectivity index (χ2v) is 7.65. The Kier molecular flexibility index (Phi) is 5.11. The van der Waals surface area contributed by atoms with Crippen molar-refractivity contribution >= 4 is 38.3 Å². The third-order valence-corrected chi connectivity index (χ3v) is 5.25. The largest absolute Gasteiger partial charge is 0.298 e. The van der Waals surface area contributed by atoms with Crippen LogP contribution in [0.3, 0.4) is 0 Å². The first-order valence-corrected chi connectivity index (χ1v) is 9.21. The average Bonchev–Trinajstić information content (AvgIpc) is 2.87. The summed E-state index contributed by atoms with van der Waals surface area (Å²) in [6.45, 7) is 3.98. The van der Waals surface area contributed by atoms with Crippen molar-refractivity contribution in [1.82, 2.24) is 4.98 Å². The van der Waals surface area contributed by atoms with E-state index in [4.69, 9.17) is 0 Å². The van der Waals surface area contributed by atoms with Crippen molar-refractivity contribution in [2.24, 2.45) is 0 Å². The molecule has 3 aromatic rings. The van der Waals surface area contributed by atoms with Gasteiger partial charge in [-0.2, -0.15) is 0 Å². The van der Waals surface area contributed by atoms with E-state index in [2.05, 4.69) is 38.4 Å². The lowest BCUT2D eigenvalue weighted by molar-refractivity contribution is 0.102. The number of aromatic nitrogens is 1. The fourth-order valence-electron chi connectivity index (χ4n) is 2.35. The fraction of sp³-hybridized carbons (Fsp3) is 0.158. The number of hydrogen-bond donors (Lipinski definition) is 1. The molecule has 0 spiro atoms. The van der Waals surface area contributed by atoms with E-state index in [1.807, 2.05) is 50.2 Å². The van der Waals surface area contributed by atoms with Gasteiger partial charge in [0, 0.05) is 21.3 Å². The molecule has 0 saturated heterocycles. The number of halogens is 1. The summed E-state index contributed by atoms with van der Waals surface area (Å²) in [6.07, 6.45) is 0.809. The quantitative estimate of drug-likeness (QED) is 0.639. The predicted octanol–water partition coefficient (Wildman–Crippen LogP) is 5.37. The third-order valence-electron chi connectivity index (χ3n) is 3.68. The summed E-state index contributed by atoms with van der Waals surface area (Å²) in [5, 5.41) is 3.54. The monoisotopic (exact) mass is 400 g/mol. The Morgan fingerprint density at radius 1 is 1.17 bits per heavy atom. The Morgan fingerprint density at radius 2 is 1.92 bits per heavy atom. The summed E-state index contributed by atoms with van der Waals surface area (Å²) in [5.74, 6) is -0.127. The minimum absolute atomic E-state index is 0.127. The first-order valence-electron chi connectivity index (χ1n) is 7.60. The molecule has 0 radical (unpaired) electrons.